The molecule has 0 aliphatic rings. The summed E-state index contributed by atoms with van der Waals surface area (Å²) in [7, 11) is -3.64. The van der Waals surface area contributed by atoms with Gasteiger partial charge in [0.1, 0.15) is 0 Å². The van der Waals surface area contributed by atoms with Crippen LogP contribution < -0.4 is 10.5 Å². The van der Waals surface area contributed by atoms with E-state index in [0.29, 0.717) is 5.02 Å². The number of nitrogens with one attached hydrogen (secondary N) is 1. The topological polar surface area (TPSA) is 92.4 Å². The second-order valence-electron chi connectivity index (χ2n) is 3.38. The van der Waals surface area contributed by atoms with E-state index in [1.165, 1.54) is 25.1 Å². The van der Waals surface area contributed by atoms with Crippen molar-refractivity contribution in [2.75, 3.05) is 12.3 Å². The molecule has 7 heteroatoms. The maximum atomic E-state index is 11.7. The summed E-state index contributed by atoms with van der Waals surface area (Å²) in [4.78, 5) is 0.0232. The van der Waals surface area contributed by atoms with Crippen LogP contribution in [-0.4, -0.2) is 26.2 Å². The molecule has 0 unspecified atom stereocenters. The van der Waals surface area contributed by atoms with Crippen LogP contribution in [0.1, 0.15) is 6.92 Å². The molecule has 0 saturated heterocycles. The van der Waals surface area contributed by atoms with Gasteiger partial charge in [0.25, 0.3) is 0 Å². The molecule has 90 valence electrons. The number of hydrogen-bond donors (Lipinski definition) is 3. The Hall–Kier alpha value is -0.820. The molecule has 1 aromatic carbocycles. The number of benzene rings is 1. The molecule has 0 aliphatic carbocycles. The summed E-state index contributed by atoms with van der Waals surface area (Å²) in [6.07, 6.45) is -0.751. The van der Waals surface area contributed by atoms with E-state index in [2.05, 4.69) is 4.72 Å². The second kappa shape index (κ2) is 5.01. The number of hydrogen-bond acceptors (Lipinski definition) is 4. The van der Waals surface area contributed by atoms with Crippen molar-refractivity contribution in [3.8, 4) is 0 Å². The van der Waals surface area contributed by atoms with Gasteiger partial charge in [0.05, 0.1) is 21.7 Å². The Morgan fingerprint density at radius 2 is 2.19 bits per heavy atom. The van der Waals surface area contributed by atoms with Gasteiger partial charge in [-0.15, -0.1) is 0 Å². The SMILES string of the molecule is C[C@@H](O)CNS(=O)(=O)c1ccc(Cl)c(N)c1. The highest BCUT2D eigenvalue weighted by atomic mass is 35.5. The van der Waals surface area contributed by atoms with Crippen molar-refractivity contribution in [3.63, 3.8) is 0 Å². The standard InChI is InChI=1S/C9H13ClN2O3S/c1-6(13)5-12-16(14,15)7-2-3-8(10)9(11)4-7/h2-4,6,12-13H,5,11H2,1H3/t6-/m1/s1. The predicted octanol–water partition coefficient (Wildman–Crippen LogP) is 0.581. The normalized spacial score (nSPS) is 13.7. The van der Waals surface area contributed by atoms with Gasteiger partial charge in [-0.1, -0.05) is 11.6 Å². The lowest BCUT2D eigenvalue weighted by molar-refractivity contribution is 0.198. The zero-order valence-corrected chi connectivity index (χ0v) is 10.2. The first-order chi connectivity index (χ1) is 7.33. The van der Waals surface area contributed by atoms with Crippen LogP contribution in [0.25, 0.3) is 0 Å². The van der Waals surface area contributed by atoms with E-state index >= 15 is 0 Å². The molecule has 1 rings (SSSR count). The van der Waals surface area contributed by atoms with Gasteiger partial charge in [0.15, 0.2) is 0 Å². The zero-order chi connectivity index (χ0) is 12.3. The van der Waals surface area contributed by atoms with Crippen LogP contribution >= 0.6 is 11.6 Å². The summed E-state index contributed by atoms with van der Waals surface area (Å²) in [5.74, 6) is 0. The van der Waals surface area contributed by atoms with Crippen molar-refractivity contribution in [1.82, 2.24) is 4.72 Å². The van der Waals surface area contributed by atoms with E-state index in [1.54, 1.807) is 0 Å². The van der Waals surface area contributed by atoms with E-state index in [4.69, 9.17) is 22.4 Å². The Labute approximate surface area is 99.3 Å². The van der Waals surface area contributed by atoms with Crippen molar-refractivity contribution in [1.29, 1.82) is 0 Å². The third kappa shape index (κ3) is 3.34. The van der Waals surface area contributed by atoms with Gasteiger partial charge >= 0.3 is 0 Å². The Bertz CT molecular complexity index is 474. The number of aliphatic hydroxyl groups is 1. The number of anilines is 1. The summed E-state index contributed by atoms with van der Waals surface area (Å²) < 4.78 is 25.6. The minimum absolute atomic E-state index is 0.0232. The molecule has 0 aromatic heterocycles. The van der Waals surface area contributed by atoms with E-state index in [0.717, 1.165) is 0 Å². The van der Waals surface area contributed by atoms with Gasteiger partial charge in [-0.25, -0.2) is 13.1 Å². The van der Waals surface area contributed by atoms with Gasteiger partial charge in [-0.2, -0.15) is 0 Å². The molecule has 0 saturated carbocycles. The minimum atomic E-state index is -3.64. The van der Waals surface area contributed by atoms with Crippen molar-refractivity contribution >= 4 is 27.3 Å². The highest BCUT2D eigenvalue weighted by Gasteiger charge is 2.15. The Morgan fingerprint density at radius 1 is 1.56 bits per heavy atom. The van der Waals surface area contributed by atoms with Gasteiger partial charge in [0.2, 0.25) is 10.0 Å². The number of halogens is 1. The molecule has 0 spiro atoms. The monoisotopic (exact) mass is 264 g/mol. The fraction of sp³-hybridized carbons (Fsp3) is 0.333. The van der Waals surface area contributed by atoms with Gasteiger partial charge in [-0.05, 0) is 25.1 Å². The number of sulfonamides is 1. The molecule has 0 bridgehead atoms. The highest BCUT2D eigenvalue weighted by molar-refractivity contribution is 7.89. The van der Waals surface area contributed by atoms with Gasteiger partial charge in [-0.3, -0.25) is 0 Å². The summed E-state index contributed by atoms with van der Waals surface area (Å²) in [6.45, 7) is 1.43. The first kappa shape index (κ1) is 13.2. The summed E-state index contributed by atoms with van der Waals surface area (Å²) in [6, 6.07) is 4.03. The zero-order valence-electron chi connectivity index (χ0n) is 8.64. The number of nitrogen functional groups attached to an aromatic ring is 1. The van der Waals surface area contributed by atoms with Crippen molar-refractivity contribution in [3.05, 3.63) is 23.2 Å². The maximum absolute atomic E-state index is 11.7. The summed E-state index contributed by atoms with van der Waals surface area (Å²) in [5, 5.41) is 9.29. The Morgan fingerprint density at radius 3 is 2.69 bits per heavy atom. The van der Waals surface area contributed by atoms with Gasteiger partial charge < -0.3 is 10.8 Å². The first-order valence-electron chi connectivity index (χ1n) is 4.55. The summed E-state index contributed by atoms with van der Waals surface area (Å²) >= 11 is 5.68. The van der Waals surface area contributed by atoms with Crippen LogP contribution in [-0.2, 0) is 10.0 Å². The molecular formula is C9H13ClN2O3S. The second-order valence-corrected chi connectivity index (χ2v) is 5.56. The van der Waals surface area contributed by atoms with Crippen LogP contribution in [0.4, 0.5) is 5.69 Å². The fourth-order valence-corrected chi connectivity index (χ4v) is 2.28. The molecule has 4 N–H and O–H groups in total. The number of aliphatic hydroxyl groups excluding tert-OH is 1. The smallest absolute Gasteiger partial charge is 0.240 e. The first-order valence-corrected chi connectivity index (χ1v) is 6.42. The molecule has 1 atom stereocenters. The lowest BCUT2D eigenvalue weighted by Gasteiger charge is -2.09. The van der Waals surface area contributed by atoms with E-state index in [9.17, 15) is 8.42 Å². The third-order valence-electron chi connectivity index (χ3n) is 1.85. The fourth-order valence-electron chi connectivity index (χ4n) is 1.00. The lowest BCUT2D eigenvalue weighted by atomic mass is 10.3. The third-order valence-corrected chi connectivity index (χ3v) is 3.61. The maximum Gasteiger partial charge on any atom is 0.240 e. The number of nitrogens with two attached hydrogens (primary N) is 1. The average Bonchev–Trinajstić information content (AvgIpc) is 2.19. The highest BCUT2D eigenvalue weighted by Crippen LogP contribution is 2.21. The lowest BCUT2D eigenvalue weighted by Crippen LogP contribution is -2.30. The molecule has 0 fully saturated rings. The van der Waals surface area contributed by atoms with Gasteiger partial charge in [0, 0.05) is 6.54 Å². The molecule has 0 aliphatic heterocycles. The molecule has 0 amide bonds. The Balaban J connectivity index is 2.94. The average molecular weight is 265 g/mol. The molecular weight excluding hydrogens is 252 g/mol. The van der Waals surface area contributed by atoms with E-state index in [-0.39, 0.29) is 17.1 Å². The predicted molar refractivity (Wildman–Crippen MR) is 62.7 cm³/mol. The van der Waals surface area contributed by atoms with E-state index in [1.807, 2.05) is 0 Å². The molecule has 0 radical (unpaired) electrons. The number of rotatable bonds is 4. The molecule has 5 nitrogen and oxygen atoms in total. The van der Waals surface area contributed by atoms with Crippen LogP contribution in [0.5, 0.6) is 0 Å². The van der Waals surface area contributed by atoms with Crippen LogP contribution in [0.15, 0.2) is 23.1 Å². The summed E-state index contributed by atoms with van der Waals surface area (Å²) in [5.41, 5.74) is 5.70. The molecule has 0 heterocycles. The van der Waals surface area contributed by atoms with E-state index < -0.39 is 16.1 Å². The largest absolute Gasteiger partial charge is 0.397 e. The quantitative estimate of drug-likeness (QED) is 0.694. The Kier molecular flexibility index (Phi) is 4.15. The van der Waals surface area contributed by atoms with Crippen molar-refractivity contribution < 1.29 is 13.5 Å². The molecule has 1 aromatic rings. The van der Waals surface area contributed by atoms with Crippen LogP contribution in [0, 0.1) is 0 Å². The molecule has 16 heavy (non-hydrogen) atoms. The van der Waals surface area contributed by atoms with Crippen molar-refractivity contribution in [2.24, 2.45) is 0 Å². The van der Waals surface area contributed by atoms with Crippen LogP contribution in [0.2, 0.25) is 5.02 Å². The van der Waals surface area contributed by atoms with Crippen LogP contribution in [0.3, 0.4) is 0 Å². The van der Waals surface area contributed by atoms with Crippen molar-refractivity contribution in [2.45, 2.75) is 17.9 Å². The minimum Gasteiger partial charge on any atom is -0.397 e.